The highest BCUT2D eigenvalue weighted by Crippen LogP contribution is 2.18. The summed E-state index contributed by atoms with van der Waals surface area (Å²) in [7, 11) is 0. The summed E-state index contributed by atoms with van der Waals surface area (Å²) in [6, 6.07) is 0. The summed E-state index contributed by atoms with van der Waals surface area (Å²) in [5, 5.41) is 10.6. The maximum atomic E-state index is 11.9. The standard InChI is InChI=1S/C4H6FNO/c5-3-1-2-4(3)6-7/h3,7H,1-2H2/b6-4-. The molecule has 1 saturated carbocycles. The minimum Gasteiger partial charge on any atom is -0.411 e. The Balaban J connectivity index is 2.44. The highest BCUT2D eigenvalue weighted by atomic mass is 19.1. The van der Waals surface area contributed by atoms with Crippen molar-refractivity contribution in [3.05, 3.63) is 0 Å². The molecule has 0 heterocycles. The molecular formula is C4H6FNO. The van der Waals surface area contributed by atoms with Crippen molar-refractivity contribution in [2.45, 2.75) is 19.0 Å². The zero-order valence-corrected chi connectivity index (χ0v) is 3.76. The van der Waals surface area contributed by atoms with E-state index in [2.05, 4.69) is 5.16 Å². The van der Waals surface area contributed by atoms with E-state index in [1.165, 1.54) is 0 Å². The average molecular weight is 103 g/mol. The van der Waals surface area contributed by atoms with Gasteiger partial charge in [-0.3, -0.25) is 0 Å². The zero-order chi connectivity index (χ0) is 5.28. The van der Waals surface area contributed by atoms with Crippen LogP contribution in [0, 0.1) is 0 Å². The molecule has 1 aliphatic carbocycles. The molecule has 3 heteroatoms. The van der Waals surface area contributed by atoms with Gasteiger partial charge in [0.1, 0.15) is 6.17 Å². The number of alkyl halides is 1. The zero-order valence-electron chi connectivity index (χ0n) is 3.76. The molecule has 1 aliphatic rings. The Kier molecular flexibility index (Phi) is 0.964. The minimum absolute atomic E-state index is 0.292. The first-order chi connectivity index (χ1) is 3.34. The quantitative estimate of drug-likeness (QED) is 0.359. The van der Waals surface area contributed by atoms with Gasteiger partial charge < -0.3 is 5.21 Å². The number of nitrogens with zero attached hydrogens (tertiary/aromatic N) is 1. The Morgan fingerprint density at radius 3 is 2.57 bits per heavy atom. The number of rotatable bonds is 0. The second-order valence-electron chi connectivity index (χ2n) is 1.60. The summed E-state index contributed by atoms with van der Waals surface area (Å²) >= 11 is 0. The summed E-state index contributed by atoms with van der Waals surface area (Å²) in [4.78, 5) is 0. The molecule has 0 aromatic carbocycles. The van der Waals surface area contributed by atoms with Crippen molar-refractivity contribution < 1.29 is 9.60 Å². The third kappa shape index (κ3) is 0.577. The van der Waals surface area contributed by atoms with Crippen LogP contribution in [0.1, 0.15) is 12.8 Å². The fourth-order valence-corrected chi connectivity index (χ4v) is 0.495. The summed E-state index contributed by atoms with van der Waals surface area (Å²) in [6.45, 7) is 0. The normalized spacial score (nSPS) is 35.6. The molecule has 0 radical (unpaired) electrons. The first-order valence-corrected chi connectivity index (χ1v) is 2.19. The van der Waals surface area contributed by atoms with E-state index >= 15 is 0 Å². The van der Waals surface area contributed by atoms with Gasteiger partial charge >= 0.3 is 0 Å². The van der Waals surface area contributed by atoms with Gasteiger partial charge in [0.15, 0.2) is 0 Å². The third-order valence-electron chi connectivity index (χ3n) is 1.14. The second kappa shape index (κ2) is 1.48. The highest BCUT2D eigenvalue weighted by molar-refractivity contribution is 5.93. The van der Waals surface area contributed by atoms with E-state index in [4.69, 9.17) is 5.21 Å². The summed E-state index contributed by atoms with van der Waals surface area (Å²) in [5.74, 6) is 0. The van der Waals surface area contributed by atoms with Gasteiger partial charge in [0.05, 0.1) is 5.71 Å². The van der Waals surface area contributed by atoms with Crippen LogP contribution >= 0.6 is 0 Å². The Morgan fingerprint density at radius 1 is 1.86 bits per heavy atom. The molecule has 1 fully saturated rings. The fourth-order valence-electron chi connectivity index (χ4n) is 0.495. The van der Waals surface area contributed by atoms with Crippen LogP contribution < -0.4 is 0 Å². The predicted octanol–water partition coefficient (Wildman–Crippen LogP) is 0.949. The first-order valence-electron chi connectivity index (χ1n) is 2.19. The molecule has 0 bridgehead atoms. The number of hydrogen-bond acceptors (Lipinski definition) is 2. The van der Waals surface area contributed by atoms with E-state index in [-0.39, 0.29) is 0 Å². The van der Waals surface area contributed by atoms with Crippen molar-refractivity contribution in [3.8, 4) is 0 Å². The van der Waals surface area contributed by atoms with Crippen molar-refractivity contribution in [2.75, 3.05) is 0 Å². The predicted molar refractivity (Wildman–Crippen MR) is 23.4 cm³/mol. The summed E-state index contributed by atoms with van der Waals surface area (Å²) in [6.07, 6.45) is 0.196. The number of oxime groups is 1. The van der Waals surface area contributed by atoms with Crippen LogP contribution in [0.15, 0.2) is 5.16 Å². The number of hydrogen-bond donors (Lipinski definition) is 1. The van der Waals surface area contributed by atoms with Gasteiger partial charge in [-0.2, -0.15) is 0 Å². The van der Waals surface area contributed by atoms with Gasteiger partial charge in [0.2, 0.25) is 0 Å². The molecule has 0 aromatic rings. The molecule has 1 rings (SSSR count). The smallest absolute Gasteiger partial charge is 0.142 e. The van der Waals surface area contributed by atoms with E-state index < -0.39 is 6.17 Å². The highest BCUT2D eigenvalue weighted by Gasteiger charge is 2.25. The van der Waals surface area contributed by atoms with Gasteiger partial charge in [-0.1, -0.05) is 5.16 Å². The molecular weight excluding hydrogens is 97.0 g/mol. The fraction of sp³-hybridized carbons (Fsp3) is 0.750. The molecule has 1 N–H and O–H groups in total. The Labute approximate surface area is 40.6 Å². The van der Waals surface area contributed by atoms with Crippen LogP contribution in [0.5, 0.6) is 0 Å². The van der Waals surface area contributed by atoms with Crippen LogP contribution in [0.4, 0.5) is 4.39 Å². The average Bonchev–Trinajstić information content (AvgIpc) is 1.65. The lowest BCUT2D eigenvalue weighted by Crippen LogP contribution is -2.26. The molecule has 0 aromatic heterocycles. The lowest BCUT2D eigenvalue weighted by Gasteiger charge is -2.17. The van der Waals surface area contributed by atoms with Crippen LogP contribution in [0.25, 0.3) is 0 Å². The van der Waals surface area contributed by atoms with Crippen LogP contribution in [0.2, 0.25) is 0 Å². The van der Waals surface area contributed by atoms with E-state index in [1.807, 2.05) is 0 Å². The van der Waals surface area contributed by atoms with Gasteiger partial charge in [-0.05, 0) is 12.8 Å². The van der Waals surface area contributed by atoms with E-state index in [0.717, 1.165) is 0 Å². The van der Waals surface area contributed by atoms with Gasteiger partial charge in [0.25, 0.3) is 0 Å². The summed E-state index contributed by atoms with van der Waals surface area (Å²) < 4.78 is 11.9. The monoisotopic (exact) mass is 103 g/mol. The molecule has 0 aliphatic heterocycles. The maximum absolute atomic E-state index is 11.9. The first kappa shape index (κ1) is 4.56. The van der Waals surface area contributed by atoms with Crippen LogP contribution in [-0.2, 0) is 0 Å². The lowest BCUT2D eigenvalue weighted by atomic mass is 9.95. The van der Waals surface area contributed by atoms with E-state index in [0.29, 0.717) is 18.6 Å². The molecule has 2 nitrogen and oxygen atoms in total. The minimum atomic E-state index is -0.954. The summed E-state index contributed by atoms with van der Waals surface area (Å²) in [5.41, 5.74) is 0.292. The van der Waals surface area contributed by atoms with Crippen molar-refractivity contribution >= 4 is 5.71 Å². The van der Waals surface area contributed by atoms with Crippen molar-refractivity contribution in [1.29, 1.82) is 0 Å². The van der Waals surface area contributed by atoms with Crippen molar-refractivity contribution in [1.82, 2.24) is 0 Å². The molecule has 40 valence electrons. The van der Waals surface area contributed by atoms with E-state index in [1.54, 1.807) is 0 Å². The molecule has 1 atom stereocenters. The third-order valence-corrected chi connectivity index (χ3v) is 1.14. The molecule has 0 spiro atoms. The van der Waals surface area contributed by atoms with Crippen LogP contribution in [0.3, 0.4) is 0 Å². The maximum Gasteiger partial charge on any atom is 0.142 e. The lowest BCUT2D eigenvalue weighted by molar-refractivity contribution is 0.287. The topological polar surface area (TPSA) is 32.6 Å². The van der Waals surface area contributed by atoms with Crippen molar-refractivity contribution in [3.63, 3.8) is 0 Å². The van der Waals surface area contributed by atoms with Crippen LogP contribution in [-0.4, -0.2) is 17.1 Å². The van der Waals surface area contributed by atoms with Gasteiger partial charge in [0, 0.05) is 0 Å². The molecule has 0 saturated heterocycles. The molecule has 7 heavy (non-hydrogen) atoms. The van der Waals surface area contributed by atoms with Gasteiger partial charge in [-0.25, -0.2) is 4.39 Å². The largest absolute Gasteiger partial charge is 0.411 e. The second-order valence-corrected chi connectivity index (χ2v) is 1.60. The van der Waals surface area contributed by atoms with Gasteiger partial charge in [-0.15, -0.1) is 0 Å². The SMILES string of the molecule is O/N=C1/CCC1F. The van der Waals surface area contributed by atoms with Crippen molar-refractivity contribution in [2.24, 2.45) is 5.16 Å². The number of halogens is 1. The Hall–Kier alpha value is -0.600. The molecule has 0 amide bonds. The molecule has 1 unspecified atom stereocenters. The van der Waals surface area contributed by atoms with E-state index in [9.17, 15) is 4.39 Å². The Morgan fingerprint density at radius 2 is 2.57 bits per heavy atom. The Bertz CT molecular complexity index is 102.